The van der Waals surface area contributed by atoms with Crippen molar-refractivity contribution in [2.75, 3.05) is 6.54 Å². The molecule has 1 atom stereocenters. The molecule has 0 aliphatic rings. The lowest BCUT2D eigenvalue weighted by Crippen LogP contribution is -2.37. The minimum atomic E-state index is -0.552. The monoisotopic (exact) mass is 391 g/mol. The van der Waals surface area contributed by atoms with E-state index < -0.39 is 6.10 Å². The highest BCUT2D eigenvalue weighted by Gasteiger charge is 2.15. The molecule has 3 aromatic rings. The molecule has 4 heteroatoms. The maximum Gasteiger partial charge on any atom is 0.260 e. The van der Waals surface area contributed by atoms with Gasteiger partial charge in [0.2, 0.25) is 0 Å². The number of rotatable bonds is 9. The van der Waals surface area contributed by atoms with Crippen LogP contribution in [0.5, 0.6) is 11.5 Å². The van der Waals surface area contributed by atoms with E-state index in [1.165, 1.54) is 5.56 Å². The van der Waals surface area contributed by atoms with Crippen LogP contribution >= 0.6 is 0 Å². The fourth-order valence-corrected chi connectivity index (χ4v) is 3.24. The number of hydrogen-bond donors (Lipinski definition) is 1. The number of ether oxygens (including phenoxy) is 2. The molecule has 1 amide bonds. The third-order valence-electron chi connectivity index (χ3n) is 4.63. The van der Waals surface area contributed by atoms with E-state index in [0.717, 1.165) is 35.1 Å². The Kier molecular flexibility index (Phi) is 7.12. The second-order valence-electron chi connectivity index (χ2n) is 7.45. The van der Waals surface area contributed by atoms with Crippen molar-refractivity contribution in [3.63, 3.8) is 0 Å². The molecule has 0 radical (unpaired) electrons. The number of hydrogen-bond acceptors (Lipinski definition) is 3. The van der Waals surface area contributed by atoms with Gasteiger partial charge >= 0.3 is 0 Å². The predicted molar refractivity (Wildman–Crippen MR) is 118 cm³/mol. The van der Waals surface area contributed by atoms with Crippen molar-refractivity contribution in [1.82, 2.24) is 5.32 Å². The van der Waals surface area contributed by atoms with Crippen LogP contribution in [-0.4, -0.2) is 24.7 Å². The Hall–Kier alpha value is -3.01. The van der Waals surface area contributed by atoms with E-state index in [2.05, 4.69) is 17.4 Å². The van der Waals surface area contributed by atoms with Crippen molar-refractivity contribution in [3.8, 4) is 11.5 Å². The first-order valence-corrected chi connectivity index (χ1v) is 10.2. The summed E-state index contributed by atoms with van der Waals surface area (Å²) in [5.74, 6) is 1.51. The fourth-order valence-electron chi connectivity index (χ4n) is 3.24. The molecule has 0 saturated heterocycles. The zero-order valence-corrected chi connectivity index (χ0v) is 17.4. The number of fused-ring (bicyclic) bond motifs is 1. The first-order chi connectivity index (χ1) is 14.0. The van der Waals surface area contributed by atoms with Crippen molar-refractivity contribution >= 4 is 16.7 Å². The lowest BCUT2D eigenvalue weighted by Gasteiger charge is -2.16. The minimum Gasteiger partial charge on any atom is -0.491 e. The van der Waals surface area contributed by atoms with Crippen molar-refractivity contribution in [1.29, 1.82) is 0 Å². The van der Waals surface area contributed by atoms with E-state index in [-0.39, 0.29) is 12.0 Å². The fraction of sp³-hybridized carbons (Fsp3) is 0.320. The Balaban J connectivity index is 1.47. The van der Waals surface area contributed by atoms with Gasteiger partial charge < -0.3 is 14.8 Å². The molecular weight excluding hydrogens is 362 g/mol. The van der Waals surface area contributed by atoms with Gasteiger partial charge in [0.25, 0.3) is 5.91 Å². The van der Waals surface area contributed by atoms with Crippen LogP contribution in [0.4, 0.5) is 0 Å². The zero-order valence-electron chi connectivity index (χ0n) is 17.4. The number of carbonyl (C=O) groups is 1. The summed E-state index contributed by atoms with van der Waals surface area (Å²) in [6.07, 6.45) is 1.35. The maximum atomic E-state index is 12.4. The molecule has 0 saturated carbocycles. The molecule has 152 valence electrons. The summed E-state index contributed by atoms with van der Waals surface area (Å²) in [4.78, 5) is 12.4. The van der Waals surface area contributed by atoms with E-state index in [0.29, 0.717) is 6.54 Å². The quantitative estimate of drug-likeness (QED) is 0.514. The topological polar surface area (TPSA) is 47.6 Å². The number of nitrogens with one attached hydrogen (secondary N) is 1. The van der Waals surface area contributed by atoms with Gasteiger partial charge in [-0.2, -0.15) is 0 Å². The van der Waals surface area contributed by atoms with Crippen molar-refractivity contribution < 1.29 is 14.3 Å². The van der Waals surface area contributed by atoms with Gasteiger partial charge in [-0.05, 0) is 62.8 Å². The van der Waals surface area contributed by atoms with Crippen LogP contribution in [0.1, 0.15) is 32.8 Å². The van der Waals surface area contributed by atoms with Gasteiger partial charge in [-0.3, -0.25) is 4.79 Å². The molecular formula is C25H29NO3. The van der Waals surface area contributed by atoms with Crippen LogP contribution in [0.25, 0.3) is 10.8 Å². The molecule has 3 rings (SSSR count). The third kappa shape index (κ3) is 5.98. The summed E-state index contributed by atoms with van der Waals surface area (Å²) >= 11 is 0. The smallest absolute Gasteiger partial charge is 0.260 e. The van der Waals surface area contributed by atoms with Gasteiger partial charge in [0.1, 0.15) is 11.5 Å². The van der Waals surface area contributed by atoms with Gasteiger partial charge in [-0.1, -0.05) is 48.5 Å². The number of amides is 1. The van der Waals surface area contributed by atoms with Gasteiger partial charge in [-0.25, -0.2) is 0 Å². The van der Waals surface area contributed by atoms with Crippen LogP contribution in [0.3, 0.4) is 0 Å². The Labute approximate surface area is 172 Å². The van der Waals surface area contributed by atoms with Crippen LogP contribution < -0.4 is 14.8 Å². The summed E-state index contributed by atoms with van der Waals surface area (Å²) in [7, 11) is 0. The van der Waals surface area contributed by atoms with Crippen molar-refractivity contribution in [2.24, 2.45) is 0 Å². The molecule has 0 aliphatic heterocycles. The largest absolute Gasteiger partial charge is 0.491 e. The van der Waals surface area contributed by atoms with Gasteiger partial charge in [0.05, 0.1) is 6.10 Å². The average Bonchev–Trinajstić information content (AvgIpc) is 2.71. The van der Waals surface area contributed by atoms with Crippen molar-refractivity contribution in [3.05, 3.63) is 72.3 Å². The van der Waals surface area contributed by atoms with Crippen LogP contribution in [0.2, 0.25) is 0 Å². The van der Waals surface area contributed by atoms with E-state index >= 15 is 0 Å². The van der Waals surface area contributed by atoms with E-state index in [1.807, 2.05) is 68.4 Å². The minimum absolute atomic E-state index is 0.102. The Bertz CT molecular complexity index is 946. The first-order valence-electron chi connectivity index (χ1n) is 10.2. The Morgan fingerprint density at radius 2 is 1.69 bits per heavy atom. The highest BCUT2D eigenvalue weighted by Crippen LogP contribution is 2.26. The van der Waals surface area contributed by atoms with Gasteiger partial charge in [0, 0.05) is 11.9 Å². The summed E-state index contributed by atoms with van der Waals surface area (Å²) in [5.41, 5.74) is 1.21. The second kappa shape index (κ2) is 9.97. The van der Waals surface area contributed by atoms with Crippen LogP contribution in [0, 0.1) is 0 Å². The first kappa shape index (κ1) is 20.7. The van der Waals surface area contributed by atoms with E-state index in [1.54, 1.807) is 6.92 Å². The lowest BCUT2D eigenvalue weighted by atomic mass is 10.1. The molecule has 0 aliphatic carbocycles. The average molecular weight is 392 g/mol. The van der Waals surface area contributed by atoms with E-state index in [4.69, 9.17) is 9.47 Å². The standard InChI is InChI=1S/C25H29NO3/c1-18(2)28-22-13-6-9-20(17-22)10-8-16-26-25(27)19(3)29-24-15-7-12-21-11-4-5-14-23(21)24/h4-7,9,11-15,17-19H,8,10,16H2,1-3H3,(H,26,27)/t19-/m1/s1. The molecule has 3 aromatic carbocycles. The summed E-state index contributed by atoms with van der Waals surface area (Å²) in [6, 6.07) is 22.0. The molecule has 0 bridgehead atoms. The zero-order chi connectivity index (χ0) is 20.6. The molecule has 0 heterocycles. The van der Waals surface area contributed by atoms with E-state index in [9.17, 15) is 4.79 Å². The molecule has 0 unspecified atom stereocenters. The predicted octanol–water partition coefficient (Wildman–Crippen LogP) is 5.14. The normalized spacial score (nSPS) is 12.0. The number of carbonyl (C=O) groups excluding carboxylic acids is 1. The molecule has 0 fully saturated rings. The molecule has 29 heavy (non-hydrogen) atoms. The summed E-state index contributed by atoms with van der Waals surface area (Å²) in [6.45, 7) is 6.43. The van der Waals surface area contributed by atoms with Gasteiger partial charge in [-0.15, -0.1) is 0 Å². The van der Waals surface area contributed by atoms with Crippen LogP contribution in [-0.2, 0) is 11.2 Å². The maximum absolute atomic E-state index is 12.4. The van der Waals surface area contributed by atoms with Crippen molar-refractivity contribution in [2.45, 2.75) is 45.8 Å². The highest BCUT2D eigenvalue weighted by atomic mass is 16.5. The molecule has 0 aromatic heterocycles. The van der Waals surface area contributed by atoms with Crippen LogP contribution in [0.15, 0.2) is 66.7 Å². The molecule has 4 nitrogen and oxygen atoms in total. The summed E-state index contributed by atoms with van der Waals surface area (Å²) < 4.78 is 11.7. The SMILES string of the molecule is CC(C)Oc1cccc(CCCNC(=O)[C@@H](C)Oc2cccc3ccccc23)c1. The number of aryl methyl sites for hydroxylation is 1. The second-order valence-corrected chi connectivity index (χ2v) is 7.45. The highest BCUT2D eigenvalue weighted by molar-refractivity contribution is 5.89. The number of benzene rings is 3. The molecule has 1 N–H and O–H groups in total. The van der Waals surface area contributed by atoms with Gasteiger partial charge in [0.15, 0.2) is 6.10 Å². The third-order valence-corrected chi connectivity index (χ3v) is 4.63. The lowest BCUT2D eigenvalue weighted by molar-refractivity contribution is -0.127. The Morgan fingerprint density at radius 1 is 0.931 bits per heavy atom. The summed E-state index contributed by atoms with van der Waals surface area (Å²) in [5, 5.41) is 5.08. The Morgan fingerprint density at radius 3 is 2.52 bits per heavy atom. The molecule has 0 spiro atoms.